The molecule has 0 fully saturated rings. The van der Waals surface area contributed by atoms with Gasteiger partial charge in [0.15, 0.2) is 0 Å². The van der Waals surface area contributed by atoms with E-state index >= 15 is 0 Å². The van der Waals surface area contributed by atoms with Gasteiger partial charge in [0.05, 0.1) is 5.41 Å². The summed E-state index contributed by atoms with van der Waals surface area (Å²) in [7, 11) is 0. The molecule has 0 amide bonds. The van der Waals surface area contributed by atoms with E-state index in [-0.39, 0.29) is 0 Å². The minimum atomic E-state index is -0.615. The van der Waals surface area contributed by atoms with Crippen LogP contribution in [0, 0.1) is 41.5 Å². The minimum Gasteiger partial charge on any atom is -0.310 e. The molecule has 0 heterocycles. The molecule has 0 aromatic heterocycles. The number of fused-ring (bicyclic) bond motifs is 10. The van der Waals surface area contributed by atoms with Crippen LogP contribution >= 0.6 is 0 Å². The van der Waals surface area contributed by atoms with Crippen molar-refractivity contribution in [3.8, 4) is 22.3 Å². The monoisotopic (exact) mass is 1090 g/mol. The molecule has 1 spiro atoms. The second kappa shape index (κ2) is 21.8. The highest BCUT2D eigenvalue weighted by atomic mass is 15.1. The molecule has 2 aliphatic rings. The molecule has 0 aliphatic heterocycles. The molecular formula is C83H66N2. The van der Waals surface area contributed by atoms with Crippen LogP contribution in [0.5, 0.6) is 0 Å². The van der Waals surface area contributed by atoms with Crippen molar-refractivity contribution >= 4 is 57.4 Å². The van der Waals surface area contributed by atoms with E-state index in [1.165, 1.54) is 111 Å². The van der Waals surface area contributed by atoms with Crippen LogP contribution in [-0.2, 0) is 5.41 Å². The van der Waals surface area contributed by atoms with Crippen LogP contribution in [0.3, 0.4) is 0 Å². The largest absolute Gasteiger partial charge is 0.310 e. The summed E-state index contributed by atoms with van der Waals surface area (Å²) in [6, 6.07) is 104. The predicted molar refractivity (Wildman–Crippen MR) is 360 cm³/mol. The fraction of sp³-hybridized carbons (Fsp3) is 0.0843. The topological polar surface area (TPSA) is 6.48 Å². The van der Waals surface area contributed by atoms with Crippen molar-refractivity contribution in [2.24, 2.45) is 0 Å². The third-order valence-electron chi connectivity index (χ3n) is 17.5. The van der Waals surface area contributed by atoms with Crippen LogP contribution in [0.1, 0.15) is 89.0 Å². The first-order valence-electron chi connectivity index (χ1n) is 29.7. The quantitative estimate of drug-likeness (QED) is 0.113. The van der Waals surface area contributed by atoms with Crippen molar-refractivity contribution in [1.29, 1.82) is 0 Å². The normalized spacial score (nSPS) is 12.2. The third kappa shape index (κ3) is 9.70. The van der Waals surface area contributed by atoms with Gasteiger partial charge in [-0.1, -0.05) is 240 Å². The average molecular weight is 1090 g/mol. The highest BCUT2D eigenvalue weighted by Gasteiger charge is 2.52. The molecule has 0 N–H and O–H groups in total. The van der Waals surface area contributed by atoms with Crippen molar-refractivity contribution in [1.82, 2.24) is 0 Å². The van der Waals surface area contributed by atoms with E-state index in [9.17, 15) is 0 Å². The molecule has 12 aromatic carbocycles. The molecular weight excluding hydrogens is 1020 g/mol. The fourth-order valence-electron chi connectivity index (χ4n) is 13.0. The number of anilines is 6. The zero-order valence-corrected chi connectivity index (χ0v) is 49.1. The Morgan fingerprint density at radius 2 is 0.494 bits per heavy atom. The lowest BCUT2D eigenvalue weighted by molar-refractivity contribution is 0.793. The van der Waals surface area contributed by atoms with Crippen LogP contribution in [-0.4, -0.2) is 0 Å². The van der Waals surface area contributed by atoms with Crippen LogP contribution in [0.2, 0.25) is 0 Å². The number of hydrogen-bond donors (Lipinski definition) is 0. The van der Waals surface area contributed by atoms with Crippen LogP contribution < -0.4 is 9.80 Å². The van der Waals surface area contributed by atoms with Crippen molar-refractivity contribution in [3.63, 3.8) is 0 Å². The molecule has 0 bridgehead atoms. The summed E-state index contributed by atoms with van der Waals surface area (Å²) in [5.74, 6) is 0. The lowest BCUT2D eigenvalue weighted by Gasteiger charge is -2.33. The molecule has 408 valence electrons. The summed E-state index contributed by atoms with van der Waals surface area (Å²) in [5, 5.41) is 0. The highest BCUT2D eigenvalue weighted by Crippen LogP contribution is 2.64. The van der Waals surface area contributed by atoms with E-state index in [0.717, 1.165) is 45.3 Å². The minimum absolute atomic E-state index is 0.615. The van der Waals surface area contributed by atoms with Crippen molar-refractivity contribution < 1.29 is 0 Å². The lowest BCUT2D eigenvalue weighted by atomic mass is 9.70. The van der Waals surface area contributed by atoms with E-state index in [1.807, 2.05) is 0 Å². The summed E-state index contributed by atoms with van der Waals surface area (Å²) in [5.41, 5.74) is 33.1. The predicted octanol–water partition coefficient (Wildman–Crippen LogP) is 22.0. The third-order valence-corrected chi connectivity index (χ3v) is 17.5. The Kier molecular flexibility index (Phi) is 13.5. The average Bonchev–Trinajstić information content (AvgIpc) is 1.54. The summed E-state index contributed by atoms with van der Waals surface area (Å²) < 4.78 is 0. The Balaban J connectivity index is 0.906. The van der Waals surface area contributed by atoms with Gasteiger partial charge in [-0.25, -0.2) is 0 Å². The van der Waals surface area contributed by atoms with E-state index < -0.39 is 5.41 Å². The van der Waals surface area contributed by atoms with Crippen LogP contribution in [0.15, 0.2) is 279 Å². The van der Waals surface area contributed by atoms with E-state index in [2.05, 4.69) is 343 Å². The number of rotatable bonds is 12. The molecule has 0 radical (unpaired) electrons. The molecule has 14 rings (SSSR count). The number of hydrogen-bond acceptors (Lipinski definition) is 2. The van der Waals surface area contributed by atoms with E-state index in [4.69, 9.17) is 0 Å². The van der Waals surface area contributed by atoms with Crippen LogP contribution in [0.4, 0.5) is 34.1 Å². The molecule has 2 aliphatic carbocycles. The van der Waals surface area contributed by atoms with Gasteiger partial charge in [0.25, 0.3) is 0 Å². The summed E-state index contributed by atoms with van der Waals surface area (Å²) in [6.45, 7) is 12.9. The first-order chi connectivity index (χ1) is 41.5. The molecule has 2 heteroatoms. The maximum Gasteiger partial charge on any atom is 0.0727 e. The lowest BCUT2D eigenvalue weighted by Crippen LogP contribution is -2.26. The number of aryl methyl sites for hydroxylation is 6. The molecule has 0 saturated heterocycles. The van der Waals surface area contributed by atoms with Gasteiger partial charge < -0.3 is 9.80 Å². The van der Waals surface area contributed by atoms with Gasteiger partial charge in [-0.15, -0.1) is 0 Å². The Labute approximate surface area is 501 Å². The molecule has 0 atom stereocenters. The first kappa shape index (κ1) is 52.8. The van der Waals surface area contributed by atoms with Gasteiger partial charge in [-0.05, 0) is 216 Å². The Bertz CT molecular complexity index is 4120. The summed E-state index contributed by atoms with van der Waals surface area (Å²) in [4.78, 5) is 4.87. The van der Waals surface area contributed by atoms with E-state index in [1.54, 1.807) is 0 Å². The van der Waals surface area contributed by atoms with Gasteiger partial charge in [0.2, 0.25) is 0 Å². The van der Waals surface area contributed by atoms with Gasteiger partial charge in [-0.2, -0.15) is 0 Å². The smallest absolute Gasteiger partial charge is 0.0727 e. The molecule has 2 nitrogen and oxygen atoms in total. The van der Waals surface area contributed by atoms with Crippen molar-refractivity contribution in [2.45, 2.75) is 47.0 Å². The summed E-state index contributed by atoms with van der Waals surface area (Å²) in [6.07, 6.45) is 4.66. The molecule has 0 unspecified atom stereocenters. The second-order valence-corrected chi connectivity index (χ2v) is 23.4. The zero-order chi connectivity index (χ0) is 57.8. The van der Waals surface area contributed by atoms with Gasteiger partial charge in [0, 0.05) is 34.1 Å². The van der Waals surface area contributed by atoms with E-state index in [0.29, 0.717) is 0 Å². The Hall–Kier alpha value is -10.3. The van der Waals surface area contributed by atoms with Gasteiger partial charge in [0.1, 0.15) is 0 Å². The van der Waals surface area contributed by atoms with Gasteiger partial charge >= 0.3 is 0 Å². The highest BCUT2D eigenvalue weighted by molar-refractivity contribution is 5.98. The Morgan fingerprint density at radius 1 is 0.247 bits per heavy atom. The van der Waals surface area contributed by atoms with Crippen LogP contribution in [0.25, 0.3) is 45.6 Å². The zero-order valence-electron chi connectivity index (χ0n) is 49.1. The van der Waals surface area contributed by atoms with Crippen molar-refractivity contribution in [2.75, 3.05) is 9.80 Å². The number of benzene rings is 12. The second-order valence-electron chi connectivity index (χ2n) is 23.4. The first-order valence-corrected chi connectivity index (χ1v) is 29.7. The summed E-state index contributed by atoms with van der Waals surface area (Å²) >= 11 is 0. The van der Waals surface area contributed by atoms with Gasteiger partial charge in [-0.3, -0.25) is 0 Å². The molecule has 0 saturated carbocycles. The fourth-order valence-corrected chi connectivity index (χ4v) is 13.0. The molecule has 85 heavy (non-hydrogen) atoms. The maximum atomic E-state index is 2.50. The molecule has 12 aromatic rings. The standard InChI is InChI=1S/C83H66N2/c1-55-15-31-63(32-16-55)77(64-33-17-56(2)18-34-64)51-61-27-43-69(44-28-61)84(67-39-23-59(5)24-40-67)71-47-49-75-73-11-7-9-13-79(73)83(81(75)53-71)80-14-10-8-12-74(80)76-50-48-72(54-82(76)83)85(68-41-25-60(6)26-42-68)70-45-29-62(30-46-70)52-78(65-35-19-57(3)20-36-65)66-37-21-58(4)22-38-66/h7-54H,1-6H3. The number of nitrogens with zero attached hydrogens (tertiary/aromatic N) is 2. The maximum absolute atomic E-state index is 2.50. The van der Waals surface area contributed by atoms with Crippen molar-refractivity contribution in [3.05, 3.63) is 368 Å². The SMILES string of the molecule is Cc1ccc(C(=Cc2ccc(N(c3ccc(C)cc3)c3ccc4c(c3)C3(c5ccccc5-4)c4ccccc4-c4ccc(N(c5ccc(C)cc5)c5ccc(C=C(c6ccc(C)cc6)c6ccc(C)cc6)cc5)cc43)cc2)c2ccc(C)cc2)cc1. The Morgan fingerprint density at radius 3 is 0.800 bits per heavy atom.